The molecule has 0 unspecified atom stereocenters. The van der Waals surface area contributed by atoms with Crippen LogP contribution in [0.25, 0.3) is 11.0 Å². The normalized spacial score (nSPS) is 10.7. The minimum Gasteiger partial charge on any atom is -0.461 e. The van der Waals surface area contributed by atoms with E-state index < -0.39 is 0 Å². The summed E-state index contributed by atoms with van der Waals surface area (Å²) in [4.78, 5) is 22.7. The van der Waals surface area contributed by atoms with Crippen molar-refractivity contribution >= 4 is 16.9 Å². The molecule has 3 aromatic rings. The van der Waals surface area contributed by atoms with Crippen LogP contribution in [-0.4, -0.2) is 22.6 Å². The Balaban J connectivity index is 1.59. The van der Waals surface area contributed by atoms with Gasteiger partial charge in [0.1, 0.15) is 17.0 Å². The number of aromatic amines is 1. The quantitative estimate of drug-likeness (QED) is 0.759. The van der Waals surface area contributed by atoms with Gasteiger partial charge in [0.05, 0.1) is 0 Å². The van der Waals surface area contributed by atoms with Crippen LogP contribution >= 0.6 is 0 Å². The summed E-state index contributed by atoms with van der Waals surface area (Å²) < 4.78 is 5.66. The fourth-order valence-corrected chi connectivity index (χ4v) is 2.02. The maximum absolute atomic E-state index is 11.8. The topological polar surface area (TPSA) is 88.0 Å². The molecule has 6 heteroatoms. The lowest BCUT2D eigenvalue weighted by Crippen LogP contribution is -2.27. The van der Waals surface area contributed by atoms with E-state index in [0.29, 0.717) is 13.0 Å². The molecule has 0 atom stereocenters. The smallest absolute Gasteiger partial charge is 0.271 e. The molecule has 0 aliphatic rings. The van der Waals surface area contributed by atoms with Crippen molar-refractivity contribution in [3.8, 4) is 0 Å². The van der Waals surface area contributed by atoms with E-state index in [0.717, 1.165) is 16.7 Å². The lowest BCUT2D eigenvalue weighted by Gasteiger charge is -2.02. The number of benzene rings is 1. The van der Waals surface area contributed by atoms with Gasteiger partial charge in [0.25, 0.3) is 11.5 Å². The molecule has 1 amide bonds. The molecule has 0 saturated heterocycles. The summed E-state index contributed by atoms with van der Waals surface area (Å²) in [7, 11) is 0. The summed E-state index contributed by atoms with van der Waals surface area (Å²) in [6.07, 6.45) is 0.587. The number of fused-ring (bicyclic) bond motifs is 1. The molecule has 2 aromatic heterocycles. The molecule has 21 heavy (non-hydrogen) atoms. The Morgan fingerprint density at radius 1 is 1.24 bits per heavy atom. The number of para-hydroxylation sites is 1. The van der Waals surface area contributed by atoms with Gasteiger partial charge in [-0.1, -0.05) is 18.2 Å². The van der Waals surface area contributed by atoms with Crippen LogP contribution in [0.2, 0.25) is 0 Å². The molecule has 0 saturated carbocycles. The van der Waals surface area contributed by atoms with Crippen LogP contribution in [0.3, 0.4) is 0 Å². The molecule has 2 N–H and O–H groups in total. The highest BCUT2D eigenvalue weighted by atomic mass is 16.3. The van der Waals surface area contributed by atoms with Gasteiger partial charge in [0, 0.05) is 24.4 Å². The lowest BCUT2D eigenvalue weighted by molar-refractivity contribution is 0.0947. The molecule has 0 aliphatic carbocycles. The van der Waals surface area contributed by atoms with E-state index in [2.05, 4.69) is 15.5 Å². The zero-order chi connectivity index (χ0) is 14.7. The van der Waals surface area contributed by atoms with Crippen LogP contribution in [0.1, 0.15) is 16.2 Å². The predicted octanol–water partition coefficient (Wildman–Crippen LogP) is 1.49. The van der Waals surface area contributed by atoms with Crippen molar-refractivity contribution in [1.29, 1.82) is 0 Å². The average molecular weight is 283 g/mol. The van der Waals surface area contributed by atoms with Crippen LogP contribution < -0.4 is 10.9 Å². The first kappa shape index (κ1) is 13.1. The Labute approximate surface area is 119 Å². The SMILES string of the molecule is O=C(NCCc1cc2ccccc2o1)c1ccc(=O)[nH]n1. The van der Waals surface area contributed by atoms with Gasteiger partial charge in [-0.2, -0.15) is 5.10 Å². The molecule has 0 spiro atoms. The number of H-pyrrole nitrogens is 1. The van der Waals surface area contributed by atoms with Gasteiger partial charge in [-0.15, -0.1) is 0 Å². The van der Waals surface area contributed by atoms with Crippen LogP contribution in [-0.2, 0) is 6.42 Å². The Morgan fingerprint density at radius 3 is 2.86 bits per heavy atom. The molecule has 0 radical (unpaired) electrons. The highest BCUT2D eigenvalue weighted by Crippen LogP contribution is 2.18. The number of hydrogen-bond donors (Lipinski definition) is 2. The Kier molecular flexibility index (Phi) is 3.51. The second-order valence-corrected chi connectivity index (χ2v) is 4.56. The van der Waals surface area contributed by atoms with E-state index in [1.807, 2.05) is 30.3 Å². The van der Waals surface area contributed by atoms with Gasteiger partial charge in [0.2, 0.25) is 0 Å². The molecule has 3 rings (SSSR count). The first-order valence-electron chi connectivity index (χ1n) is 6.54. The highest BCUT2D eigenvalue weighted by molar-refractivity contribution is 5.91. The second-order valence-electron chi connectivity index (χ2n) is 4.56. The van der Waals surface area contributed by atoms with Crippen LogP contribution in [0.15, 0.2) is 51.7 Å². The first-order valence-corrected chi connectivity index (χ1v) is 6.54. The number of furan rings is 1. The predicted molar refractivity (Wildman–Crippen MR) is 77.1 cm³/mol. The molecule has 106 valence electrons. The molecular weight excluding hydrogens is 270 g/mol. The van der Waals surface area contributed by atoms with Crippen molar-refractivity contribution in [3.05, 3.63) is 64.3 Å². The number of amides is 1. The molecular formula is C15H13N3O3. The summed E-state index contributed by atoms with van der Waals surface area (Å²) in [5.41, 5.74) is 0.675. The number of carbonyl (C=O) groups excluding carboxylic acids is 1. The fourth-order valence-electron chi connectivity index (χ4n) is 2.02. The second kappa shape index (κ2) is 5.62. The monoisotopic (exact) mass is 283 g/mol. The molecule has 2 heterocycles. The minimum absolute atomic E-state index is 0.180. The zero-order valence-electron chi connectivity index (χ0n) is 11.1. The van der Waals surface area contributed by atoms with Crippen molar-refractivity contribution in [1.82, 2.24) is 15.5 Å². The van der Waals surface area contributed by atoms with Crippen molar-refractivity contribution in [2.45, 2.75) is 6.42 Å². The van der Waals surface area contributed by atoms with Crippen molar-refractivity contribution < 1.29 is 9.21 Å². The van der Waals surface area contributed by atoms with Crippen molar-refractivity contribution in [2.24, 2.45) is 0 Å². The van der Waals surface area contributed by atoms with Gasteiger partial charge < -0.3 is 9.73 Å². The number of rotatable bonds is 4. The fraction of sp³-hybridized carbons (Fsp3) is 0.133. The summed E-state index contributed by atoms with van der Waals surface area (Å²) in [5.74, 6) is 0.480. The maximum atomic E-state index is 11.8. The summed E-state index contributed by atoms with van der Waals surface area (Å²) in [6.45, 7) is 0.430. The van der Waals surface area contributed by atoms with Crippen LogP contribution in [0.5, 0.6) is 0 Å². The van der Waals surface area contributed by atoms with E-state index in [9.17, 15) is 9.59 Å². The Morgan fingerprint density at radius 2 is 2.10 bits per heavy atom. The van der Waals surface area contributed by atoms with Crippen LogP contribution in [0.4, 0.5) is 0 Å². The Hall–Kier alpha value is -2.89. The standard InChI is InChI=1S/C15H13N3O3/c19-14-6-5-12(17-18-14)15(20)16-8-7-11-9-10-3-1-2-4-13(10)21-11/h1-6,9H,7-8H2,(H,16,20)(H,18,19). The average Bonchev–Trinajstić information content (AvgIpc) is 2.90. The largest absolute Gasteiger partial charge is 0.461 e. The van der Waals surface area contributed by atoms with Crippen molar-refractivity contribution in [3.63, 3.8) is 0 Å². The molecule has 0 bridgehead atoms. The number of nitrogens with zero attached hydrogens (tertiary/aromatic N) is 1. The lowest BCUT2D eigenvalue weighted by atomic mass is 10.2. The maximum Gasteiger partial charge on any atom is 0.271 e. The third-order valence-electron chi connectivity index (χ3n) is 3.05. The van der Waals surface area contributed by atoms with E-state index in [-0.39, 0.29) is 17.2 Å². The summed E-state index contributed by atoms with van der Waals surface area (Å²) >= 11 is 0. The van der Waals surface area contributed by atoms with E-state index in [1.165, 1.54) is 12.1 Å². The molecule has 1 aromatic carbocycles. The number of aromatic nitrogens is 2. The third kappa shape index (κ3) is 3.00. The van der Waals surface area contributed by atoms with Gasteiger partial charge in [-0.3, -0.25) is 9.59 Å². The van der Waals surface area contributed by atoms with Gasteiger partial charge >= 0.3 is 0 Å². The number of carbonyl (C=O) groups is 1. The first-order chi connectivity index (χ1) is 10.2. The summed E-state index contributed by atoms with van der Waals surface area (Å²) in [5, 5.41) is 9.66. The zero-order valence-corrected chi connectivity index (χ0v) is 11.1. The van der Waals surface area contributed by atoms with Crippen molar-refractivity contribution in [2.75, 3.05) is 6.54 Å². The van der Waals surface area contributed by atoms with E-state index in [1.54, 1.807) is 0 Å². The minimum atomic E-state index is -0.339. The van der Waals surface area contributed by atoms with Gasteiger partial charge in [-0.25, -0.2) is 5.10 Å². The van der Waals surface area contributed by atoms with E-state index >= 15 is 0 Å². The third-order valence-corrected chi connectivity index (χ3v) is 3.05. The summed E-state index contributed by atoms with van der Waals surface area (Å²) in [6, 6.07) is 12.4. The highest BCUT2D eigenvalue weighted by Gasteiger charge is 2.08. The number of nitrogens with one attached hydrogen (secondary N) is 2. The van der Waals surface area contributed by atoms with E-state index in [4.69, 9.17) is 4.42 Å². The Bertz CT molecular complexity index is 782. The molecule has 0 fully saturated rings. The number of hydrogen-bond acceptors (Lipinski definition) is 4. The van der Waals surface area contributed by atoms with Gasteiger partial charge in [-0.05, 0) is 18.2 Å². The van der Waals surface area contributed by atoms with Gasteiger partial charge in [0.15, 0.2) is 0 Å². The molecule has 6 nitrogen and oxygen atoms in total. The van der Waals surface area contributed by atoms with Crippen LogP contribution in [0, 0.1) is 0 Å². The molecule has 0 aliphatic heterocycles.